The number of benzene rings is 1. The van der Waals surface area contributed by atoms with Gasteiger partial charge in [0.05, 0.1) is 13.5 Å². The molecular weight excluding hydrogens is 230 g/mol. The monoisotopic (exact) mass is 247 g/mol. The summed E-state index contributed by atoms with van der Waals surface area (Å²) in [4.78, 5) is 23.1. The summed E-state index contributed by atoms with van der Waals surface area (Å²) in [5.74, 6) is 0.615. The van der Waals surface area contributed by atoms with Gasteiger partial charge >= 0.3 is 0 Å². The fourth-order valence-corrected chi connectivity index (χ4v) is 1.82. The van der Waals surface area contributed by atoms with Gasteiger partial charge in [0.25, 0.3) is 0 Å². The van der Waals surface area contributed by atoms with Gasteiger partial charge in [-0.3, -0.25) is 9.59 Å². The molecule has 0 saturated heterocycles. The van der Waals surface area contributed by atoms with E-state index in [4.69, 9.17) is 4.74 Å². The second kappa shape index (κ2) is 5.21. The minimum atomic E-state index is -0.0171. The number of carbonyl (C=O) groups is 2. The van der Waals surface area contributed by atoms with E-state index < -0.39 is 0 Å². The number of hydrogen-bond acceptors (Lipinski definition) is 3. The summed E-state index contributed by atoms with van der Waals surface area (Å²) in [6, 6.07) is 5.52. The summed E-state index contributed by atoms with van der Waals surface area (Å²) in [6.45, 7) is 1.51. The molecule has 0 bridgehead atoms. The van der Waals surface area contributed by atoms with E-state index in [9.17, 15) is 9.59 Å². The summed E-state index contributed by atoms with van der Waals surface area (Å²) in [6.07, 6.45) is 2.38. The zero-order valence-corrected chi connectivity index (χ0v) is 10.7. The standard InChI is InChI=1S/C14H17NO3/c1-9(16)10-3-6-13(18-2)11(7-10)8-14(17)15-12-4-5-12/h3,6-7,12H,4-5,8H2,1-2H3,(H,15,17). The topological polar surface area (TPSA) is 55.4 Å². The van der Waals surface area contributed by atoms with Crippen molar-refractivity contribution in [1.29, 1.82) is 0 Å². The molecule has 0 atom stereocenters. The number of Topliss-reactive ketones (excluding diaryl/α,β-unsaturated/α-hetero) is 1. The summed E-state index contributed by atoms with van der Waals surface area (Å²) in [5, 5.41) is 2.92. The van der Waals surface area contributed by atoms with Gasteiger partial charge in [-0.25, -0.2) is 0 Å². The molecule has 0 unspecified atom stereocenters. The molecule has 1 aromatic rings. The minimum absolute atomic E-state index is 0.0125. The fraction of sp³-hybridized carbons (Fsp3) is 0.429. The highest BCUT2D eigenvalue weighted by atomic mass is 16.5. The third-order valence-corrected chi connectivity index (χ3v) is 2.98. The second-order valence-electron chi connectivity index (χ2n) is 4.60. The highest BCUT2D eigenvalue weighted by Crippen LogP contribution is 2.22. The Labute approximate surface area is 106 Å². The summed E-state index contributed by atoms with van der Waals surface area (Å²) < 4.78 is 5.21. The minimum Gasteiger partial charge on any atom is -0.496 e. The van der Waals surface area contributed by atoms with Gasteiger partial charge in [0, 0.05) is 17.2 Å². The van der Waals surface area contributed by atoms with Crippen LogP contribution in [0.2, 0.25) is 0 Å². The van der Waals surface area contributed by atoms with Gasteiger partial charge in [-0.1, -0.05) is 0 Å². The second-order valence-corrected chi connectivity index (χ2v) is 4.60. The molecule has 1 aliphatic rings. The molecule has 96 valence electrons. The molecule has 0 radical (unpaired) electrons. The van der Waals surface area contributed by atoms with Crippen LogP contribution in [-0.4, -0.2) is 24.8 Å². The fourth-order valence-electron chi connectivity index (χ4n) is 1.82. The first kappa shape index (κ1) is 12.6. The molecular formula is C14H17NO3. The van der Waals surface area contributed by atoms with Gasteiger partial charge in [-0.2, -0.15) is 0 Å². The van der Waals surface area contributed by atoms with Crippen LogP contribution < -0.4 is 10.1 Å². The van der Waals surface area contributed by atoms with Gasteiger partial charge in [-0.15, -0.1) is 0 Å². The molecule has 0 spiro atoms. The number of nitrogens with one attached hydrogen (secondary N) is 1. The van der Waals surface area contributed by atoms with Gasteiger partial charge in [-0.05, 0) is 38.0 Å². The van der Waals surface area contributed by atoms with Crippen molar-refractivity contribution in [3.8, 4) is 5.75 Å². The lowest BCUT2D eigenvalue weighted by atomic mass is 10.0. The molecule has 4 nitrogen and oxygen atoms in total. The van der Waals surface area contributed by atoms with E-state index in [1.165, 1.54) is 6.92 Å². The summed E-state index contributed by atoms with van der Waals surface area (Å²) in [7, 11) is 1.56. The Bertz CT molecular complexity index is 478. The maximum Gasteiger partial charge on any atom is 0.224 e. The van der Waals surface area contributed by atoms with Gasteiger partial charge in [0.1, 0.15) is 5.75 Å². The van der Waals surface area contributed by atoms with Crippen LogP contribution in [0.25, 0.3) is 0 Å². The third-order valence-electron chi connectivity index (χ3n) is 2.98. The molecule has 0 heterocycles. The third kappa shape index (κ3) is 3.09. The molecule has 2 rings (SSSR count). The molecule has 4 heteroatoms. The van der Waals surface area contributed by atoms with Crippen molar-refractivity contribution in [2.24, 2.45) is 0 Å². The van der Waals surface area contributed by atoms with E-state index in [1.807, 2.05) is 0 Å². The van der Waals surface area contributed by atoms with E-state index in [-0.39, 0.29) is 18.1 Å². The first-order chi connectivity index (χ1) is 8.60. The lowest BCUT2D eigenvalue weighted by molar-refractivity contribution is -0.120. The predicted molar refractivity (Wildman–Crippen MR) is 67.9 cm³/mol. The molecule has 1 fully saturated rings. The summed E-state index contributed by atoms with van der Waals surface area (Å²) >= 11 is 0. The van der Waals surface area contributed by atoms with Crippen molar-refractivity contribution < 1.29 is 14.3 Å². The normalized spacial score (nSPS) is 14.1. The zero-order valence-electron chi connectivity index (χ0n) is 10.7. The van der Waals surface area contributed by atoms with E-state index in [1.54, 1.807) is 25.3 Å². The Morgan fingerprint density at radius 3 is 2.67 bits per heavy atom. The average molecular weight is 247 g/mol. The van der Waals surface area contributed by atoms with Crippen LogP contribution in [0.3, 0.4) is 0 Å². The van der Waals surface area contributed by atoms with Crippen molar-refractivity contribution in [1.82, 2.24) is 5.32 Å². The molecule has 1 N–H and O–H groups in total. The van der Waals surface area contributed by atoms with Crippen LogP contribution in [0.15, 0.2) is 18.2 Å². The Hall–Kier alpha value is -1.84. The van der Waals surface area contributed by atoms with Crippen molar-refractivity contribution in [2.75, 3.05) is 7.11 Å². The lowest BCUT2D eigenvalue weighted by Gasteiger charge is -2.10. The number of ketones is 1. The Kier molecular flexibility index (Phi) is 3.65. The number of carbonyl (C=O) groups excluding carboxylic acids is 2. The SMILES string of the molecule is COc1ccc(C(C)=O)cc1CC(=O)NC1CC1. The van der Waals surface area contributed by atoms with Crippen molar-refractivity contribution in [3.05, 3.63) is 29.3 Å². The van der Waals surface area contributed by atoms with Gasteiger partial charge in [0.2, 0.25) is 5.91 Å². The number of amides is 1. The largest absolute Gasteiger partial charge is 0.496 e. The van der Waals surface area contributed by atoms with Crippen LogP contribution in [0, 0.1) is 0 Å². The smallest absolute Gasteiger partial charge is 0.224 e. The van der Waals surface area contributed by atoms with Gasteiger partial charge in [0.15, 0.2) is 5.78 Å². The maximum atomic E-state index is 11.8. The number of rotatable bonds is 5. The molecule has 1 amide bonds. The molecule has 0 aliphatic heterocycles. The Morgan fingerprint density at radius 1 is 1.39 bits per heavy atom. The Balaban J connectivity index is 2.14. The van der Waals surface area contributed by atoms with E-state index >= 15 is 0 Å². The Morgan fingerprint density at radius 2 is 2.11 bits per heavy atom. The average Bonchev–Trinajstić information content (AvgIpc) is 3.12. The zero-order chi connectivity index (χ0) is 13.1. The van der Waals surface area contributed by atoms with E-state index in [0.717, 1.165) is 18.4 Å². The van der Waals surface area contributed by atoms with Crippen LogP contribution in [0.1, 0.15) is 35.7 Å². The first-order valence-electron chi connectivity index (χ1n) is 6.07. The van der Waals surface area contributed by atoms with Crippen molar-refractivity contribution >= 4 is 11.7 Å². The molecule has 18 heavy (non-hydrogen) atoms. The van der Waals surface area contributed by atoms with E-state index in [0.29, 0.717) is 17.4 Å². The first-order valence-corrected chi connectivity index (χ1v) is 6.07. The quantitative estimate of drug-likeness (QED) is 0.806. The van der Waals surface area contributed by atoms with Crippen LogP contribution in [-0.2, 0) is 11.2 Å². The maximum absolute atomic E-state index is 11.8. The number of ether oxygens (including phenoxy) is 1. The van der Waals surface area contributed by atoms with Crippen molar-refractivity contribution in [2.45, 2.75) is 32.2 Å². The highest BCUT2D eigenvalue weighted by Gasteiger charge is 2.23. The van der Waals surface area contributed by atoms with E-state index in [2.05, 4.69) is 5.32 Å². The van der Waals surface area contributed by atoms with Crippen LogP contribution in [0.4, 0.5) is 0 Å². The molecule has 0 aromatic heterocycles. The van der Waals surface area contributed by atoms with Crippen LogP contribution in [0.5, 0.6) is 5.75 Å². The lowest BCUT2D eigenvalue weighted by Crippen LogP contribution is -2.27. The predicted octanol–water partition coefficient (Wildman–Crippen LogP) is 1.72. The van der Waals surface area contributed by atoms with Gasteiger partial charge < -0.3 is 10.1 Å². The van der Waals surface area contributed by atoms with Crippen LogP contribution >= 0.6 is 0 Å². The number of methoxy groups -OCH3 is 1. The molecule has 1 aromatic carbocycles. The summed E-state index contributed by atoms with van der Waals surface area (Å²) in [5.41, 5.74) is 1.35. The molecule has 1 aliphatic carbocycles. The highest BCUT2D eigenvalue weighted by molar-refractivity contribution is 5.94. The van der Waals surface area contributed by atoms with Crippen molar-refractivity contribution in [3.63, 3.8) is 0 Å². The molecule has 1 saturated carbocycles. The number of hydrogen-bond donors (Lipinski definition) is 1.